The van der Waals surface area contributed by atoms with Gasteiger partial charge in [-0.2, -0.15) is 23.5 Å². The molecule has 1 heterocycles. The molecule has 18 heavy (non-hydrogen) atoms. The molecule has 0 aromatic heterocycles. The van der Waals surface area contributed by atoms with E-state index in [2.05, 4.69) is 43.4 Å². The molecule has 2 atom stereocenters. The Balaban J connectivity index is 1.90. The SMILES string of the molecule is CCSCCC(C)NC1CSCc2ccccc21. The lowest BCUT2D eigenvalue weighted by atomic mass is 10.0. The first-order valence-corrected chi connectivity index (χ1v) is 9.11. The average Bonchev–Trinajstić information content (AvgIpc) is 2.39. The van der Waals surface area contributed by atoms with Crippen molar-refractivity contribution in [2.75, 3.05) is 17.3 Å². The van der Waals surface area contributed by atoms with Gasteiger partial charge in [-0.15, -0.1) is 0 Å². The Morgan fingerprint density at radius 2 is 2.28 bits per heavy atom. The Labute approximate surface area is 120 Å². The van der Waals surface area contributed by atoms with Crippen molar-refractivity contribution >= 4 is 23.5 Å². The minimum Gasteiger partial charge on any atom is -0.307 e. The van der Waals surface area contributed by atoms with Gasteiger partial charge in [-0.25, -0.2) is 0 Å². The van der Waals surface area contributed by atoms with Gasteiger partial charge in [0.05, 0.1) is 0 Å². The minimum absolute atomic E-state index is 0.543. The number of hydrogen-bond acceptors (Lipinski definition) is 3. The second-order valence-electron chi connectivity index (χ2n) is 4.82. The number of fused-ring (bicyclic) bond motifs is 1. The number of nitrogens with one attached hydrogen (secondary N) is 1. The zero-order valence-corrected chi connectivity index (χ0v) is 12.9. The maximum atomic E-state index is 3.80. The number of rotatable bonds is 6. The van der Waals surface area contributed by atoms with Crippen molar-refractivity contribution < 1.29 is 0 Å². The quantitative estimate of drug-likeness (QED) is 0.789. The van der Waals surface area contributed by atoms with E-state index in [1.807, 2.05) is 23.5 Å². The van der Waals surface area contributed by atoms with E-state index in [0.29, 0.717) is 12.1 Å². The van der Waals surface area contributed by atoms with Crippen LogP contribution in [0.5, 0.6) is 0 Å². The van der Waals surface area contributed by atoms with Crippen LogP contribution in [-0.2, 0) is 5.75 Å². The van der Waals surface area contributed by atoms with Gasteiger partial charge in [-0.3, -0.25) is 0 Å². The molecule has 1 nitrogen and oxygen atoms in total. The lowest BCUT2D eigenvalue weighted by Gasteiger charge is -2.29. The van der Waals surface area contributed by atoms with Gasteiger partial charge >= 0.3 is 0 Å². The predicted octanol–water partition coefficient (Wildman–Crippen LogP) is 4.10. The highest BCUT2D eigenvalue weighted by Gasteiger charge is 2.21. The molecule has 1 aromatic rings. The van der Waals surface area contributed by atoms with Gasteiger partial charge in [0.1, 0.15) is 0 Å². The van der Waals surface area contributed by atoms with Crippen molar-refractivity contribution in [3.05, 3.63) is 35.4 Å². The normalized spacial score (nSPS) is 20.4. The fourth-order valence-corrected chi connectivity index (χ4v) is 4.27. The van der Waals surface area contributed by atoms with E-state index in [-0.39, 0.29) is 0 Å². The van der Waals surface area contributed by atoms with E-state index in [9.17, 15) is 0 Å². The molecule has 0 saturated carbocycles. The second kappa shape index (κ2) is 7.46. The first kappa shape index (κ1) is 14.3. The van der Waals surface area contributed by atoms with E-state index in [1.54, 1.807) is 0 Å². The van der Waals surface area contributed by atoms with Crippen LogP contribution >= 0.6 is 23.5 Å². The van der Waals surface area contributed by atoms with Crippen LogP contribution < -0.4 is 5.32 Å². The van der Waals surface area contributed by atoms with Crippen molar-refractivity contribution in [2.24, 2.45) is 0 Å². The Morgan fingerprint density at radius 3 is 3.11 bits per heavy atom. The van der Waals surface area contributed by atoms with E-state index in [0.717, 1.165) is 0 Å². The van der Waals surface area contributed by atoms with Crippen LogP contribution in [0.3, 0.4) is 0 Å². The van der Waals surface area contributed by atoms with Crippen LogP contribution in [0.4, 0.5) is 0 Å². The molecular weight excluding hydrogens is 258 g/mol. The Kier molecular flexibility index (Phi) is 5.93. The van der Waals surface area contributed by atoms with Gasteiger partial charge in [0, 0.05) is 23.6 Å². The molecular formula is C15H23NS2. The maximum absolute atomic E-state index is 3.80. The van der Waals surface area contributed by atoms with Gasteiger partial charge in [0.2, 0.25) is 0 Å². The van der Waals surface area contributed by atoms with E-state index in [1.165, 1.54) is 40.6 Å². The summed E-state index contributed by atoms with van der Waals surface area (Å²) in [6, 6.07) is 10.0. The fraction of sp³-hybridized carbons (Fsp3) is 0.600. The lowest BCUT2D eigenvalue weighted by molar-refractivity contribution is 0.472. The van der Waals surface area contributed by atoms with Crippen LogP contribution in [0.2, 0.25) is 0 Å². The first-order chi connectivity index (χ1) is 8.81. The van der Waals surface area contributed by atoms with Crippen LogP contribution in [0.1, 0.15) is 37.4 Å². The van der Waals surface area contributed by atoms with Gasteiger partial charge in [-0.1, -0.05) is 31.2 Å². The van der Waals surface area contributed by atoms with E-state index < -0.39 is 0 Å². The Bertz CT molecular complexity index is 367. The summed E-state index contributed by atoms with van der Waals surface area (Å²) >= 11 is 4.09. The van der Waals surface area contributed by atoms with Crippen molar-refractivity contribution in [1.82, 2.24) is 5.32 Å². The summed E-state index contributed by atoms with van der Waals surface area (Å²) in [6.07, 6.45) is 1.27. The molecule has 0 aliphatic carbocycles. The Morgan fingerprint density at radius 1 is 1.44 bits per heavy atom. The summed E-state index contributed by atoms with van der Waals surface area (Å²) in [5.74, 6) is 4.89. The van der Waals surface area contributed by atoms with Crippen LogP contribution in [-0.4, -0.2) is 23.3 Å². The van der Waals surface area contributed by atoms with Crippen molar-refractivity contribution in [2.45, 2.75) is 38.1 Å². The monoisotopic (exact) mass is 281 g/mol. The average molecular weight is 281 g/mol. The highest BCUT2D eigenvalue weighted by molar-refractivity contribution is 7.99. The first-order valence-electron chi connectivity index (χ1n) is 6.80. The molecule has 100 valence electrons. The second-order valence-corrected chi connectivity index (χ2v) is 7.24. The summed E-state index contributed by atoms with van der Waals surface area (Å²) in [6.45, 7) is 4.55. The molecule has 2 rings (SSSR count). The van der Waals surface area contributed by atoms with Gasteiger partial charge in [-0.05, 0) is 36.0 Å². The molecule has 0 amide bonds. The van der Waals surface area contributed by atoms with Crippen LogP contribution in [0.15, 0.2) is 24.3 Å². The number of benzene rings is 1. The van der Waals surface area contributed by atoms with E-state index >= 15 is 0 Å². The minimum atomic E-state index is 0.543. The zero-order chi connectivity index (χ0) is 12.8. The molecule has 0 bridgehead atoms. The fourth-order valence-electron chi connectivity index (χ4n) is 2.35. The highest BCUT2D eigenvalue weighted by atomic mass is 32.2. The molecule has 0 spiro atoms. The summed E-state index contributed by atoms with van der Waals surface area (Å²) < 4.78 is 0. The largest absolute Gasteiger partial charge is 0.307 e. The summed E-state index contributed by atoms with van der Waals surface area (Å²) in [5, 5.41) is 3.80. The van der Waals surface area contributed by atoms with Gasteiger partial charge in [0.25, 0.3) is 0 Å². The number of thioether (sulfide) groups is 2. The summed E-state index contributed by atoms with van der Waals surface area (Å²) in [4.78, 5) is 0. The maximum Gasteiger partial charge on any atom is 0.0417 e. The van der Waals surface area contributed by atoms with Crippen molar-refractivity contribution in [3.8, 4) is 0 Å². The molecule has 1 N–H and O–H groups in total. The van der Waals surface area contributed by atoms with Gasteiger partial charge < -0.3 is 5.32 Å². The van der Waals surface area contributed by atoms with Crippen LogP contribution in [0.25, 0.3) is 0 Å². The third kappa shape index (κ3) is 3.94. The molecule has 0 radical (unpaired) electrons. The molecule has 1 aliphatic heterocycles. The molecule has 1 aromatic carbocycles. The predicted molar refractivity (Wildman–Crippen MR) is 85.6 cm³/mol. The molecule has 1 aliphatic rings. The molecule has 0 saturated heterocycles. The van der Waals surface area contributed by atoms with Crippen molar-refractivity contribution in [3.63, 3.8) is 0 Å². The zero-order valence-electron chi connectivity index (χ0n) is 11.3. The molecule has 0 fully saturated rings. The third-order valence-electron chi connectivity index (χ3n) is 3.36. The third-order valence-corrected chi connectivity index (χ3v) is 5.37. The van der Waals surface area contributed by atoms with E-state index in [4.69, 9.17) is 0 Å². The summed E-state index contributed by atoms with van der Waals surface area (Å²) in [7, 11) is 0. The summed E-state index contributed by atoms with van der Waals surface area (Å²) in [5.41, 5.74) is 3.03. The molecule has 3 heteroatoms. The smallest absolute Gasteiger partial charge is 0.0417 e. The molecule has 2 unspecified atom stereocenters. The number of hydrogen-bond donors (Lipinski definition) is 1. The van der Waals surface area contributed by atoms with Crippen molar-refractivity contribution in [1.29, 1.82) is 0 Å². The van der Waals surface area contributed by atoms with Crippen LogP contribution in [0, 0.1) is 0 Å². The topological polar surface area (TPSA) is 12.0 Å². The standard InChI is InChI=1S/C15H23NS2/c1-3-17-9-8-12(2)16-15-11-18-10-13-6-4-5-7-14(13)15/h4-7,12,15-16H,3,8-11H2,1-2H3. The van der Waals surface area contributed by atoms with Gasteiger partial charge in [0.15, 0.2) is 0 Å². The lowest BCUT2D eigenvalue weighted by Crippen LogP contribution is -2.34. The highest BCUT2D eigenvalue weighted by Crippen LogP contribution is 2.31. The Hall–Kier alpha value is -0.120.